The van der Waals surface area contributed by atoms with Crippen LogP contribution in [0, 0.1) is 5.41 Å². The van der Waals surface area contributed by atoms with E-state index in [-0.39, 0.29) is 0 Å². The topological polar surface area (TPSA) is 12.0 Å². The van der Waals surface area contributed by atoms with Crippen molar-refractivity contribution in [3.8, 4) is 0 Å². The second-order valence-corrected chi connectivity index (χ2v) is 8.84. The second-order valence-electron chi connectivity index (χ2n) is 5.53. The molecule has 0 aliphatic carbocycles. The summed E-state index contributed by atoms with van der Waals surface area (Å²) in [5, 5.41) is 3.52. The summed E-state index contributed by atoms with van der Waals surface area (Å²) < 4.78 is 2.38. The van der Waals surface area contributed by atoms with Crippen molar-refractivity contribution in [2.24, 2.45) is 5.41 Å². The minimum absolute atomic E-state index is 0.354. The van der Waals surface area contributed by atoms with Crippen LogP contribution < -0.4 is 5.32 Å². The molecule has 17 heavy (non-hydrogen) atoms. The van der Waals surface area contributed by atoms with E-state index < -0.39 is 0 Å². The number of aryl methyl sites for hydroxylation is 1. The third kappa shape index (κ3) is 5.86. The van der Waals surface area contributed by atoms with Gasteiger partial charge >= 0.3 is 0 Å². The maximum absolute atomic E-state index is 3.55. The van der Waals surface area contributed by atoms with E-state index in [2.05, 4.69) is 70.9 Å². The molecule has 1 nitrogen and oxygen atoms in total. The lowest BCUT2D eigenvalue weighted by atomic mass is 9.87. The molecule has 1 aromatic rings. The molecule has 0 bridgehead atoms. The van der Waals surface area contributed by atoms with Crippen molar-refractivity contribution in [3.05, 3.63) is 19.2 Å². The highest BCUT2D eigenvalue weighted by atomic mass is 79.9. The Hall–Kier alpha value is 0.620. The van der Waals surface area contributed by atoms with Crippen LogP contribution in [0.25, 0.3) is 0 Å². The summed E-state index contributed by atoms with van der Waals surface area (Å²) in [6, 6.07) is 2.79. The van der Waals surface area contributed by atoms with Gasteiger partial charge in [0, 0.05) is 21.9 Å². The fourth-order valence-corrected chi connectivity index (χ4v) is 3.72. The van der Waals surface area contributed by atoms with Crippen molar-refractivity contribution in [2.45, 2.75) is 46.6 Å². The summed E-state index contributed by atoms with van der Waals surface area (Å²) in [4.78, 5) is 1.45. The van der Waals surface area contributed by atoms with Gasteiger partial charge in [0.05, 0.1) is 3.79 Å². The zero-order valence-corrected chi connectivity index (χ0v) is 14.9. The summed E-state index contributed by atoms with van der Waals surface area (Å²) in [6.45, 7) is 10.1. The molecule has 0 spiro atoms. The first kappa shape index (κ1) is 15.7. The van der Waals surface area contributed by atoms with Gasteiger partial charge in [-0.25, -0.2) is 0 Å². The van der Waals surface area contributed by atoms with Crippen LogP contribution in [0.4, 0.5) is 0 Å². The summed E-state index contributed by atoms with van der Waals surface area (Å²) in [5.41, 5.74) is 0.354. The first-order valence-corrected chi connectivity index (χ1v) is 8.37. The van der Waals surface area contributed by atoms with E-state index in [4.69, 9.17) is 0 Å². The minimum atomic E-state index is 0.354. The second kappa shape index (κ2) is 6.69. The van der Waals surface area contributed by atoms with Crippen molar-refractivity contribution in [2.75, 3.05) is 6.54 Å². The van der Waals surface area contributed by atoms with Crippen molar-refractivity contribution in [1.29, 1.82) is 0 Å². The molecule has 4 heteroatoms. The summed E-state index contributed by atoms with van der Waals surface area (Å²) in [7, 11) is 0. The highest BCUT2D eigenvalue weighted by Gasteiger charge is 2.18. The molecule has 1 N–H and O–H groups in total. The molecule has 0 amide bonds. The van der Waals surface area contributed by atoms with E-state index in [1.165, 1.54) is 19.6 Å². The van der Waals surface area contributed by atoms with Crippen molar-refractivity contribution in [3.63, 3.8) is 0 Å². The van der Waals surface area contributed by atoms with Gasteiger partial charge < -0.3 is 5.32 Å². The SMILES string of the molecule is CC(C)NCC(C)(C)CCc1cc(Br)c(Br)s1. The first-order valence-electron chi connectivity index (χ1n) is 5.97. The van der Waals surface area contributed by atoms with Crippen LogP contribution in [0.3, 0.4) is 0 Å². The minimum Gasteiger partial charge on any atom is -0.314 e. The number of halogens is 2. The van der Waals surface area contributed by atoms with Gasteiger partial charge in [0.15, 0.2) is 0 Å². The zero-order valence-electron chi connectivity index (χ0n) is 10.9. The molecule has 0 saturated carbocycles. The van der Waals surface area contributed by atoms with E-state index in [1.54, 1.807) is 0 Å². The van der Waals surface area contributed by atoms with E-state index in [0.29, 0.717) is 11.5 Å². The van der Waals surface area contributed by atoms with Crippen molar-refractivity contribution < 1.29 is 0 Å². The van der Waals surface area contributed by atoms with Crippen LogP contribution in [0.5, 0.6) is 0 Å². The van der Waals surface area contributed by atoms with Crippen LogP contribution in [0.2, 0.25) is 0 Å². The third-order valence-electron chi connectivity index (χ3n) is 2.73. The Balaban J connectivity index is 2.43. The standard InChI is InChI=1S/C13H21Br2NS/c1-9(2)16-8-13(3,4)6-5-10-7-11(14)12(15)17-10/h7,9,16H,5-6,8H2,1-4H3. The highest BCUT2D eigenvalue weighted by Crippen LogP contribution is 2.34. The molecule has 1 aromatic heterocycles. The Kier molecular flexibility index (Phi) is 6.17. The Labute approximate surface area is 126 Å². The Morgan fingerprint density at radius 3 is 2.47 bits per heavy atom. The first-order chi connectivity index (χ1) is 7.80. The lowest BCUT2D eigenvalue weighted by molar-refractivity contribution is 0.305. The van der Waals surface area contributed by atoms with Crippen molar-refractivity contribution >= 4 is 43.2 Å². The number of hydrogen-bond acceptors (Lipinski definition) is 2. The lowest BCUT2D eigenvalue weighted by Gasteiger charge is -2.26. The van der Waals surface area contributed by atoms with Gasteiger partial charge in [-0.3, -0.25) is 0 Å². The largest absolute Gasteiger partial charge is 0.314 e. The van der Waals surface area contributed by atoms with Gasteiger partial charge in [-0.2, -0.15) is 0 Å². The predicted molar refractivity (Wildman–Crippen MR) is 85.0 cm³/mol. The van der Waals surface area contributed by atoms with Crippen LogP contribution in [-0.2, 0) is 6.42 Å². The molecular formula is C13H21Br2NS. The quantitative estimate of drug-likeness (QED) is 0.710. The molecule has 1 rings (SSSR count). The molecular weight excluding hydrogens is 362 g/mol. The van der Waals surface area contributed by atoms with Gasteiger partial charge in [0.25, 0.3) is 0 Å². The highest BCUT2D eigenvalue weighted by molar-refractivity contribution is 9.13. The lowest BCUT2D eigenvalue weighted by Crippen LogP contribution is -2.34. The average molecular weight is 383 g/mol. The maximum Gasteiger partial charge on any atom is 0.0843 e. The number of rotatable bonds is 6. The Bertz CT molecular complexity index is 339. The smallest absolute Gasteiger partial charge is 0.0843 e. The number of thiophene rings is 1. The van der Waals surface area contributed by atoms with Crippen LogP contribution >= 0.6 is 43.2 Å². The molecule has 98 valence electrons. The van der Waals surface area contributed by atoms with Gasteiger partial charge in [-0.1, -0.05) is 27.7 Å². The van der Waals surface area contributed by atoms with Crippen LogP contribution in [0.1, 0.15) is 39.0 Å². The van der Waals surface area contributed by atoms with E-state index in [0.717, 1.165) is 13.0 Å². The number of hydrogen-bond donors (Lipinski definition) is 1. The fraction of sp³-hybridized carbons (Fsp3) is 0.692. The third-order valence-corrected chi connectivity index (χ3v) is 6.05. The molecule has 0 radical (unpaired) electrons. The predicted octanol–water partition coefficient (Wildman–Crippen LogP) is 5.23. The van der Waals surface area contributed by atoms with Gasteiger partial charge in [0.2, 0.25) is 0 Å². The normalized spacial score (nSPS) is 12.4. The van der Waals surface area contributed by atoms with E-state index >= 15 is 0 Å². The van der Waals surface area contributed by atoms with Crippen molar-refractivity contribution in [1.82, 2.24) is 5.32 Å². The van der Waals surface area contributed by atoms with Crippen LogP contribution in [0.15, 0.2) is 14.3 Å². The summed E-state index contributed by atoms with van der Waals surface area (Å²) >= 11 is 8.91. The molecule has 0 aromatic carbocycles. The molecule has 0 saturated heterocycles. The van der Waals surface area contributed by atoms with Gasteiger partial charge in [-0.15, -0.1) is 11.3 Å². The molecule has 0 atom stereocenters. The van der Waals surface area contributed by atoms with Gasteiger partial charge in [0.1, 0.15) is 0 Å². The Morgan fingerprint density at radius 2 is 2.00 bits per heavy atom. The van der Waals surface area contributed by atoms with E-state index in [1.807, 2.05) is 11.3 Å². The molecule has 0 aliphatic heterocycles. The van der Waals surface area contributed by atoms with Crippen LogP contribution in [-0.4, -0.2) is 12.6 Å². The molecule has 1 heterocycles. The zero-order chi connectivity index (χ0) is 13.1. The average Bonchev–Trinajstić information content (AvgIpc) is 2.53. The summed E-state index contributed by atoms with van der Waals surface area (Å²) in [5.74, 6) is 0. The van der Waals surface area contributed by atoms with Gasteiger partial charge in [-0.05, 0) is 56.2 Å². The number of nitrogens with one attached hydrogen (secondary N) is 1. The monoisotopic (exact) mass is 381 g/mol. The fourth-order valence-electron chi connectivity index (χ4n) is 1.54. The van der Waals surface area contributed by atoms with E-state index in [9.17, 15) is 0 Å². The molecule has 0 fully saturated rings. The Morgan fingerprint density at radius 1 is 1.35 bits per heavy atom. The maximum atomic E-state index is 3.55. The molecule has 0 aliphatic rings. The molecule has 0 unspecified atom stereocenters. The summed E-state index contributed by atoms with van der Waals surface area (Å²) in [6.07, 6.45) is 2.37.